The predicted molar refractivity (Wildman–Crippen MR) is 76.9 cm³/mol. The molecule has 2 rings (SSSR count). The Morgan fingerprint density at radius 3 is 2.80 bits per heavy atom. The number of hydrogen-bond donors (Lipinski definition) is 0. The minimum absolute atomic E-state index is 0.0582. The van der Waals surface area contributed by atoms with Gasteiger partial charge < -0.3 is 9.30 Å². The fourth-order valence-corrected chi connectivity index (χ4v) is 1.98. The molecule has 0 aliphatic heterocycles. The molecule has 0 N–H and O–H groups in total. The zero-order valence-electron chi connectivity index (χ0n) is 11.6. The second-order valence-electron chi connectivity index (χ2n) is 4.59. The van der Waals surface area contributed by atoms with E-state index < -0.39 is 0 Å². The van der Waals surface area contributed by atoms with Crippen LogP contribution in [0.25, 0.3) is 0 Å². The van der Waals surface area contributed by atoms with Crippen molar-refractivity contribution in [2.24, 2.45) is 0 Å². The Morgan fingerprint density at radius 1 is 1.25 bits per heavy atom. The number of aryl methyl sites for hydroxylation is 1. The molecule has 2 aromatic rings. The fraction of sp³-hybridized carbons (Fsp3) is 0.250. The third kappa shape index (κ3) is 3.35. The summed E-state index contributed by atoms with van der Waals surface area (Å²) in [4.78, 5) is 23.4. The number of carbonyl (C=O) groups is 1. The van der Waals surface area contributed by atoms with Gasteiger partial charge in [0.25, 0.3) is 5.56 Å². The molecule has 0 spiro atoms. The predicted octanol–water partition coefficient (Wildman–Crippen LogP) is 2.38. The second kappa shape index (κ2) is 6.19. The Labute approximate surface area is 117 Å². The number of ether oxygens (including phenoxy) is 1. The summed E-state index contributed by atoms with van der Waals surface area (Å²) in [5.74, 6) is -0.342. The van der Waals surface area contributed by atoms with Crippen LogP contribution in [0.5, 0.6) is 0 Å². The Bertz CT molecular complexity index is 673. The molecule has 0 saturated heterocycles. The maximum absolute atomic E-state index is 11.8. The van der Waals surface area contributed by atoms with Gasteiger partial charge in [-0.2, -0.15) is 0 Å². The molecular formula is C16H17NO3. The van der Waals surface area contributed by atoms with Crippen molar-refractivity contribution in [1.82, 2.24) is 4.57 Å². The topological polar surface area (TPSA) is 48.3 Å². The van der Waals surface area contributed by atoms with E-state index in [1.165, 1.54) is 0 Å². The number of carbonyl (C=O) groups excluding carboxylic acids is 1. The van der Waals surface area contributed by atoms with Gasteiger partial charge in [-0.25, -0.2) is 4.79 Å². The smallest absolute Gasteiger partial charge is 0.338 e. The lowest BCUT2D eigenvalue weighted by Gasteiger charge is -2.08. The van der Waals surface area contributed by atoms with Crippen LogP contribution in [0.3, 0.4) is 0 Å². The summed E-state index contributed by atoms with van der Waals surface area (Å²) in [6.45, 7) is 4.49. The highest BCUT2D eigenvalue weighted by atomic mass is 16.5. The van der Waals surface area contributed by atoms with Crippen molar-refractivity contribution in [3.63, 3.8) is 0 Å². The lowest BCUT2D eigenvalue weighted by Crippen LogP contribution is -2.19. The molecule has 0 aliphatic rings. The van der Waals surface area contributed by atoms with Crippen LogP contribution >= 0.6 is 0 Å². The van der Waals surface area contributed by atoms with Crippen LogP contribution in [0.1, 0.15) is 28.4 Å². The van der Waals surface area contributed by atoms with Gasteiger partial charge >= 0.3 is 5.97 Å². The molecule has 4 heteroatoms. The van der Waals surface area contributed by atoms with E-state index in [0.717, 1.165) is 11.1 Å². The number of rotatable bonds is 4. The van der Waals surface area contributed by atoms with E-state index in [-0.39, 0.29) is 11.5 Å². The number of esters is 1. The minimum Gasteiger partial charge on any atom is -0.462 e. The number of benzene rings is 1. The van der Waals surface area contributed by atoms with E-state index in [1.54, 1.807) is 48.0 Å². The monoisotopic (exact) mass is 271 g/mol. The van der Waals surface area contributed by atoms with Gasteiger partial charge in [-0.05, 0) is 37.1 Å². The summed E-state index contributed by atoms with van der Waals surface area (Å²) in [7, 11) is 0. The molecule has 1 aromatic carbocycles. The molecule has 0 amide bonds. The lowest BCUT2D eigenvalue weighted by molar-refractivity contribution is 0.0526. The van der Waals surface area contributed by atoms with Gasteiger partial charge in [-0.1, -0.05) is 18.2 Å². The van der Waals surface area contributed by atoms with Crippen LogP contribution in [0, 0.1) is 6.92 Å². The van der Waals surface area contributed by atoms with E-state index in [1.807, 2.05) is 13.0 Å². The summed E-state index contributed by atoms with van der Waals surface area (Å²) >= 11 is 0. The van der Waals surface area contributed by atoms with E-state index in [4.69, 9.17) is 4.74 Å². The van der Waals surface area contributed by atoms with Crippen LogP contribution in [-0.4, -0.2) is 17.1 Å². The summed E-state index contributed by atoms with van der Waals surface area (Å²) < 4.78 is 6.59. The zero-order chi connectivity index (χ0) is 14.5. The molecule has 0 unspecified atom stereocenters. The van der Waals surface area contributed by atoms with Gasteiger partial charge in [-0.15, -0.1) is 0 Å². The highest BCUT2D eigenvalue weighted by molar-refractivity contribution is 5.89. The van der Waals surface area contributed by atoms with E-state index in [2.05, 4.69) is 0 Å². The highest BCUT2D eigenvalue weighted by Gasteiger charge is 2.07. The van der Waals surface area contributed by atoms with Gasteiger partial charge in [-0.3, -0.25) is 4.79 Å². The molecule has 0 aliphatic carbocycles. The van der Waals surface area contributed by atoms with Crippen LogP contribution < -0.4 is 5.56 Å². The third-order valence-electron chi connectivity index (χ3n) is 2.92. The van der Waals surface area contributed by atoms with E-state index in [9.17, 15) is 9.59 Å². The first-order valence-corrected chi connectivity index (χ1v) is 6.53. The zero-order valence-corrected chi connectivity index (χ0v) is 11.6. The van der Waals surface area contributed by atoms with Gasteiger partial charge in [0, 0.05) is 12.3 Å². The standard InChI is InChI=1S/C16H17NO3/c1-3-20-16(19)14-6-4-5-13(9-14)11-17-10-12(2)7-8-15(17)18/h4-10H,3,11H2,1-2H3. The highest BCUT2D eigenvalue weighted by Crippen LogP contribution is 2.08. The SMILES string of the molecule is CCOC(=O)c1cccc(Cn2cc(C)ccc2=O)c1. The number of aromatic nitrogens is 1. The maximum Gasteiger partial charge on any atom is 0.338 e. The van der Waals surface area contributed by atoms with Crippen LogP contribution in [-0.2, 0) is 11.3 Å². The van der Waals surface area contributed by atoms with Crippen molar-refractivity contribution < 1.29 is 9.53 Å². The van der Waals surface area contributed by atoms with Crippen LogP contribution in [0.4, 0.5) is 0 Å². The van der Waals surface area contributed by atoms with Crippen molar-refractivity contribution in [2.45, 2.75) is 20.4 Å². The second-order valence-corrected chi connectivity index (χ2v) is 4.59. The summed E-state index contributed by atoms with van der Waals surface area (Å²) in [6.07, 6.45) is 1.80. The number of pyridine rings is 1. The molecule has 1 heterocycles. The third-order valence-corrected chi connectivity index (χ3v) is 2.92. The summed E-state index contributed by atoms with van der Waals surface area (Å²) in [5, 5.41) is 0. The average molecular weight is 271 g/mol. The molecule has 0 fully saturated rings. The Balaban J connectivity index is 2.26. The Morgan fingerprint density at radius 2 is 2.05 bits per heavy atom. The number of nitrogens with zero attached hydrogens (tertiary/aromatic N) is 1. The van der Waals surface area contributed by atoms with Crippen molar-refractivity contribution >= 4 is 5.97 Å². The molecule has 1 aromatic heterocycles. The molecule has 0 radical (unpaired) electrons. The first-order valence-electron chi connectivity index (χ1n) is 6.53. The Kier molecular flexibility index (Phi) is 4.35. The summed E-state index contributed by atoms with van der Waals surface area (Å²) in [5.41, 5.74) is 2.36. The molecule has 0 saturated carbocycles. The normalized spacial score (nSPS) is 10.3. The minimum atomic E-state index is -0.342. The maximum atomic E-state index is 11.8. The molecule has 4 nitrogen and oxygen atoms in total. The van der Waals surface area contributed by atoms with Gasteiger partial charge in [0.05, 0.1) is 18.7 Å². The molecular weight excluding hydrogens is 254 g/mol. The van der Waals surface area contributed by atoms with Crippen molar-refractivity contribution in [3.8, 4) is 0 Å². The van der Waals surface area contributed by atoms with Crippen molar-refractivity contribution in [2.75, 3.05) is 6.61 Å². The average Bonchev–Trinajstić information content (AvgIpc) is 2.43. The van der Waals surface area contributed by atoms with Crippen molar-refractivity contribution in [3.05, 3.63) is 69.6 Å². The van der Waals surface area contributed by atoms with Crippen molar-refractivity contribution in [1.29, 1.82) is 0 Å². The van der Waals surface area contributed by atoms with E-state index >= 15 is 0 Å². The Hall–Kier alpha value is -2.36. The molecule has 0 bridgehead atoms. The number of hydrogen-bond acceptors (Lipinski definition) is 3. The first kappa shape index (κ1) is 14.1. The summed E-state index contributed by atoms with van der Waals surface area (Å²) in [6, 6.07) is 10.5. The molecule has 0 atom stereocenters. The first-order chi connectivity index (χ1) is 9.60. The van der Waals surface area contributed by atoms with Gasteiger partial charge in [0.2, 0.25) is 0 Å². The quantitative estimate of drug-likeness (QED) is 0.802. The molecule has 104 valence electrons. The van der Waals surface area contributed by atoms with Crippen LogP contribution in [0.2, 0.25) is 0 Å². The van der Waals surface area contributed by atoms with E-state index in [0.29, 0.717) is 18.7 Å². The van der Waals surface area contributed by atoms with Gasteiger partial charge in [0.15, 0.2) is 0 Å². The lowest BCUT2D eigenvalue weighted by atomic mass is 10.1. The van der Waals surface area contributed by atoms with Crippen LogP contribution in [0.15, 0.2) is 47.4 Å². The fourth-order valence-electron chi connectivity index (χ4n) is 1.98. The largest absolute Gasteiger partial charge is 0.462 e. The van der Waals surface area contributed by atoms with Gasteiger partial charge in [0.1, 0.15) is 0 Å². The molecule has 20 heavy (non-hydrogen) atoms.